The number of phenols is 1. The Morgan fingerprint density at radius 1 is 0.778 bits per heavy atom. The van der Waals surface area contributed by atoms with Gasteiger partial charge < -0.3 is 15.7 Å². The molecule has 0 aliphatic rings. The summed E-state index contributed by atoms with van der Waals surface area (Å²) in [6.45, 7) is 0. The van der Waals surface area contributed by atoms with Crippen molar-refractivity contribution in [1.82, 2.24) is 0 Å². The minimum absolute atomic E-state index is 0.334. The molecule has 3 aromatic rings. The normalized spacial score (nSPS) is 11.1. The van der Waals surface area contributed by atoms with Gasteiger partial charge in [0.1, 0.15) is 0 Å². The Morgan fingerprint density at radius 3 is 2.07 bits per heavy atom. The topological polar surface area (TPSA) is 61.4 Å². The summed E-state index contributed by atoms with van der Waals surface area (Å²) in [6, 6.07) is 18.6. The lowest BCUT2D eigenvalue weighted by Crippen LogP contribution is -2.20. The summed E-state index contributed by atoms with van der Waals surface area (Å²) in [4.78, 5) is 12.3. The first-order chi connectivity index (χ1) is 12.9. The molecule has 0 aromatic heterocycles. The molecule has 0 spiro atoms. The molecular formula is C20H15F3N2O2. The lowest BCUT2D eigenvalue weighted by molar-refractivity contribution is -0.138. The molecule has 138 valence electrons. The number of rotatable bonds is 3. The monoisotopic (exact) mass is 372 g/mol. The number of amides is 2. The van der Waals surface area contributed by atoms with Gasteiger partial charge in [0.15, 0.2) is 5.75 Å². The van der Waals surface area contributed by atoms with Crippen LogP contribution in [-0.2, 0) is 6.18 Å². The number of hydrogen-bond acceptors (Lipinski definition) is 2. The van der Waals surface area contributed by atoms with Crippen molar-refractivity contribution in [3.63, 3.8) is 0 Å². The molecule has 0 atom stereocenters. The van der Waals surface area contributed by atoms with E-state index >= 15 is 0 Å². The van der Waals surface area contributed by atoms with Gasteiger partial charge in [-0.15, -0.1) is 0 Å². The minimum Gasteiger partial charge on any atom is -0.505 e. The lowest BCUT2D eigenvalue weighted by Gasteiger charge is -2.15. The van der Waals surface area contributed by atoms with Gasteiger partial charge in [0.25, 0.3) is 0 Å². The van der Waals surface area contributed by atoms with Crippen molar-refractivity contribution < 1.29 is 23.1 Å². The van der Waals surface area contributed by atoms with Gasteiger partial charge in [-0.05, 0) is 23.8 Å². The standard InChI is InChI=1S/C20H15F3N2O2/c21-20(22,23)15-10-6-12-17(18(15)26)25-19(27)24-16-11-5-4-9-14(16)13-7-2-1-3-8-13/h1-12,26H,(H2,24,25,27). The van der Waals surface area contributed by atoms with Gasteiger partial charge in [-0.1, -0.05) is 54.6 Å². The highest BCUT2D eigenvalue weighted by Crippen LogP contribution is 2.39. The number of alkyl halides is 3. The number of nitrogens with one attached hydrogen (secondary N) is 2. The van der Waals surface area contributed by atoms with Crippen molar-refractivity contribution in [3.05, 3.63) is 78.4 Å². The molecule has 27 heavy (non-hydrogen) atoms. The Morgan fingerprint density at radius 2 is 1.37 bits per heavy atom. The van der Waals surface area contributed by atoms with Crippen LogP contribution in [0.25, 0.3) is 11.1 Å². The molecule has 0 fully saturated rings. The quantitative estimate of drug-likeness (QED) is 0.515. The van der Waals surface area contributed by atoms with E-state index in [1.165, 1.54) is 6.07 Å². The van der Waals surface area contributed by atoms with Gasteiger partial charge in [-0.2, -0.15) is 13.2 Å². The summed E-state index contributed by atoms with van der Waals surface area (Å²) in [6.07, 6.45) is -4.72. The van der Waals surface area contributed by atoms with Crippen LogP contribution in [0.5, 0.6) is 5.75 Å². The Kier molecular flexibility index (Phi) is 5.03. The van der Waals surface area contributed by atoms with E-state index in [2.05, 4.69) is 10.6 Å². The number of para-hydroxylation sites is 2. The second-order valence-corrected chi connectivity index (χ2v) is 5.69. The van der Waals surface area contributed by atoms with Crippen LogP contribution >= 0.6 is 0 Å². The van der Waals surface area contributed by atoms with E-state index in [0.717, 1.165) is 23.3 Å². The van der Waals surface area contributed by atoms with E-state index in [1.54, 1.807) is 12.1 Å². The number of anilines is 2. The molecule has 0 heterocycles. The van der Waals surface area contributed by atoms with Crippen molar-refractivity contribution in [1.29, 1.82) is 0 Å². The third-order valence-electron chi connectivity index (χ3n) is 3.85. The van der Waals surface area contributed by atoms with Crippen molar-refractivity contribution >= 4 is 17.4 Å². The number of hydrogen-bond donors (Lipinski definition) is 3. The average molecular weight is 372 g/mol. The van der Waals surface area contributed by atoms with E-state index in [1.807, 2.05) is 42.5 Å². The van der Waals surface area contributed by atoms with Crippen LogP contribution in [0.4, 0.5) is 29.3 Å². The van der Waals surface area contributed by atoms with Gasteiger partial charge in [0, 0.05) is 5.56 Å². The molecular weight excluding hydrogens is 357 g/mol. The Bertz CT molecular complexity index is 957. The third-order valence-corrected chi connectivity index (χ3v) is 3.85. The number of halogens is 3. The Hall–Kier alpha value is -3.48. The van der Waals surface area contributed by atoms with E-state index in [9.17, 15) is 23.1 Å². The number of carbonyl (C=O) groups is 1. The number of phenolic OH excluding ortho intramolecular Hbond substituents is 1. The molecule has 0 saturated carbocycles. The maximum absolute atomic E-state index is 12.9. The molecule has 3 aromatic carbocycles. The fourth-order valence-electron chi connectivity index (χ4n) is 2.61. The van der Waals surface area contributed by atoms with Crippen molar-refractivity contribution in [2.45, 2.75) is 6.18 Å². The zero-order valence-corrected chi connectivity index (χ0v) is 13.9. The van der Waals surface area contributed by atoms with E-state index in [0.29, 0.717) is 5.69 Å². The second-order valence-electron chi connectivity index (χ2n) is 5.69. The van der Waals surface area contributed by atoms with Crippen LogP contribution in [-0.4, -0.2) is 11.1 Å². The third kappa shape index (κ3) is 4.20. The van der Waals surface area contributed by atoms with Crippen LogP contribution in [0.3, 0.4) is 0 Å². The first kappa shape index (κ1) is 18.3. The first-order valence-corrected chi connectivity index (χ1v) is 7.98. The summed E-state index contributed by atoms with van der Waals surface area (Å²) < 4.78 is 38.6. The number of carbonyl (C=O) groups excluding carboxylic acids is 1. The molecule has 3 N–H and O–H groups in total. The molecule has 0 saturated heterocycles. The molecule has 3 rings (SSSR count). The highest BCUT2D eigenvalue weighted by Gasteiger charge is 2.34. The van der Waals surface area contributed by atoms with Crippen molar-refractivity contribution in [2.24, 2.45) is 0 Å². The van der Waals surface area contributed by atoms with Gasteiger partial charge in [0.2, 0.25) is 0 Å². The van der Waals surface area contributed by atoms with Crippen molar-refractivity contribution in [2.75, 3.05) is 10.6 Å². The zero-order valence-electron chi connectivity index (χ0n) is 13.9. The highest BCUT2D eigenvalue weighted by atomic mass is 19.4. The van der Waals surface area contributed by atoms with E-state index < -0.39 is 23.5 Å². The maximum atomic E-state index is 12.9. The molecule has 0 unspecified atom stereocenters. The molecule has 0 bridgehead atoms. The zero-order chi connectivity index (χ0) is 19.4. The molecule has 0 aliphatic carbocycles. The van der Waals surface area contributed by atoms with Crippen LogP contribution in [0, 0.1) is 0 Å². The molecule has 2 amide bonds. The summed E-state index contributed by atoms with van der Waals surface area (Å²) >= 11 is 0. The van der Waals surface area contributed by atoms with Gasteiger partial charge in [-0.3, -0.25) is 0 Å². The number of urea groups is 1. The average Bonchev–Trinajstić information content (AvgIpc) is 2.63. The van der Waals surface area contributed by atoms with Crippen LogP contribution in [0.15, 0.2) is 72.8 Å². The smallest absolute Gasteiger partial charge is 0.420 e. The fraction of sp³-hybridized carbons (Fsp3) is 0.0500. The minimum atomic E-state index is -4.72. The molecule has 4 nitrogen and oxygen atoms in total. The first-order valence-electron chi connectivity index (χ1n) is 7.98. The predicted molar refractivity (Wildman–Crippen MR) is 97.6 cm³/mol. The Labute approximate surface area is 153 Å². The number of benzene rings is 3. The SMILES string of the molecule is O=C(Nc1ccccc1-c1ccccc1)Nc1cccc(C(F)(F)F)c1O. The Balaban J connectivity index is 1.83. The summed E-state index contributed by atoms with van der Waals surface area (Å²) in [5, 5.41) is 14.7. The summed E-state index contributed by atoms with van der Waals surface area (Å²) in [5.74, 6) is -1.03. The maximum Gasteiger partial charge on any atom is 0.420 e. The van der Waals surface area contributed by atoms with Crippen LogP contribution in [0.1, 0.15) is 5.56 Å². The predicted octanol–water partition coefficient (Wildman–Crippen LogP) is 5.72. The van der Waals surface area contributed by atoms with Gasteiger partial charge in [-0.25, -0.2) is 4.79 Å². The fourth-order valence-corrected chi connectivity index (χ4v) is 2.61. The molecule has 0 aliphatic heterocycles. The largest absolute Gasteiger partial charge is 0.505 e. The second kappa shape index (κ2) is 7.41. The van der Waals surface area contributed by atoms with Crippen LogP contribution < -0.4 is 10.6 Å². The number of aromatic hydroxyl groups is 1. The van der Waals surface area contributed by atoms with E-state index in [-0.39, 0.29) is 5.69 Å². The lowest BCUT2D eigenvalue weighted by atomic mass is 10.0. The van der Waals surface area contributed by atoms with Gasteiger partial charge in [0.05, 0.1) is 16.9 Å². The van der Waals surface area contributed by atoms with E-state index in [4.69, 9.17) is 0 Å². The molecule has 7 heteroatoms. The summed E-state index contributed by atoms with van der Waals surface area (Å²) in [5.41, 5.74) is 0.550. The highest BCUT2D eigenvalue weighted by molar-refractivity contribution is 6.03. The summed E-state index contributed by atoms with van der Waals surface area (Å²) in [7, 11) is 0. The van der Waals surface area contributed by atoms with Crippen molar-refractivity contribution in [3.8, 4) is 16.9 Å². The van der Waals surface area contributed by atoms with Crippen LogP contribution in [0.2, 0.25) is 0 Å². The molecule has 0 radical (unpaired) electrons. The van der Waals surface area contributed by atoms with Gasteiger partial charge >= 0.3 is 12.2 Å².